The summed E-state index contributed by atoms with van der Waals surface area (Å²) in [7, 11) is 0. The van der Waals surface area contributed by atoms with Crippen LogP contribution in [0.15, 0.2) is 24.3 Å². The Hall–Kier alpha value is -2.25. The van der Waals surface area contributed by atoms with E-state index in [-0.39, 0.29) is 24.1 Å². The molecule has 24 heavy (non-hydrogen) atoms. The van der Waals surface area contributed by atoms with Crippen LogP contribution < -0.4 is 15.4 Å². The minimum atomic E-state index is -4.51. The van der Waals surface area contributed by atoms with E-state index in [1.807, 2.05) is 0 Å². The molecule has 0 aromatic heterocycles. The molecule has 1 aromatic carbocycles. The molecule has 1 aromatic rings. The summed E-state index contributed by atoms with van der Waals surface area (Å²) in [4.78, 5) is 23.0. The zero-order chi connectivity index (χ0) is 17.7. The van der Waals surface area contributed by atoms with E-state index in [1.54, 1.807) is 6.92 Å². The van der Waals surface area contributed by atoms with Crippen molar-refractivity contribution in [2.24, 2.45) is 0 Å². The average molecular weight is 344 g/mol. The van der Waals surface area contributed by atoms with Gasteiger partial charge in [-0.1, -0.05) is 19.1 Å². The first-order chi connectivity index (χ1) is 11.3. The third-order valence-corrected chi connectivity index (χ3v) is 3.76. The molecular formula is C16H19F3N2O3. The van der Waals surface area contributed by atoms with Crippen molar-refractivity contribution in [3.63, 3.8) is 0 Å². The predicted octanol–water partition coefficient (Wildman–Crippen LogP) is 2.26. The molecule has 5 nitrogen and oxygen atoms in total. The average Bonchev–Trinajstić information content (AvgIpc) is 2.97. The summed E-state index contributed by atoms with van der Waals surface area (Å²) < 4.78 is 44.3. The van der Waals surface area contributed by atoms with Gasteiger partial charge in [-0.25, -0.2) is 0 Å². The molecule has 1 fully saturated rings. The van der Waals surface area contributed by atoms with Crippen molar-refractivity contribution in [2.75, 3.05) is 6.54 Å². The lowest BCUT2D eigenvalue weighted by molar-refractivity contribution is -0.139. The smallest absolute Gasteiger partial charge is 0.419 e. The molecule has 2 atom stereocenters. The highest BCUT2D eigenvalue weighted by Gasteiger charge is 2.34. The van der Waals surface area contributed by atoms with E-state index in [9.17, 15) is 22.8 Å². The zero-order valence-corrected chi connectivity index (χ0v) is 13.2. The van der Waals surface area contributed by atoms with Crippen LogP contribution in [-0.2, 0) is 15.8 Å². The van der Waals surface area contributed by atoms with Gasteiger partial charge in [-0.05, 0) is 25.0 Å². The van der Waals surface area contributed by atoms with Crippen molar-refractivity contribution >= 4 is 11.8 Å². The van der Waals surface area contributed by atoms with E-state index in [0.717, 1.165) is 6.07 Å². The Morgan fingerprint density at radius 2 is 2.12 bits per heavy atom. The maximum Gasteiger partial charge on any atom is 0.419 e. The van der Waals surface area contributed by atoms with Crippen LogP contribution in [0.2, 0.25) is 0 Å². The van der Waals surface area contributed by atoms with Crippen molar-refractivity contribution in [3.05, 3.63) is 29.8 Å². The maximum absolute atomic E-state index is 13.0. The number of carbonyl (C=O) groups is 2. The van der Waals surface area contributed by atoms with E-state index < -0.39 is 23.9 Å². The van der Waals surface area contributed by atoms with Crippen LogP contribution in [0.3, 0.4) is 0 Å². The van der Waals surface area contributed by atoms with Gasteiger partial charge >= 0.3 is 6.18 Å². The Bertz CT molecular complexity index is 604. The molecule has 0 radical (unpaired) electrons. The van der Waals surface area contributed by atoms with Gasteiger partial charge in [-0.2, -0.15) is 13.2 Å². The van der Waals surface area contributed by atoms with Crippen LogP contribution in [0, 0.1) is 0 Å². The molecule has 1 unspecified atom stereocenters. The van der Waals surface area contributed by atoms with Crippen molar-refractivity contribution < 1.29 is 27.5 Å². The van der Waals surface area contributed by atoms with Crippen molar-refractivity contribution in [1.29, 1.82) is 0 Å². The molecule has 0 aliphatic carbocycles. The number of amides is 2. The summed E-state index contributed by atoms with van der Waals surface area (Å²) in [6.07, 6.45) is -3.98. The Morgan fingerprint density at radius 3 is 2.71 bits per heavy atom. The van der Waals surface area contributed by atoms with E-state index in [1.165, 1.54) is 18.2 Å². The van der Waals surface area contributed by atoms with Crippen LogP contribution >= 0.6 is 0 Å². The van der Waals surface area contributed by atoms with Gasteiger partial charge in [-0.3, -0.25) is 9.59 Å². The van der Waals surface area contributed by atoms with Gasteiger partial charge in [0.25, 0.3) is 0 Å². The summed E-state index contributed by atoms with van der Waals surface area (Å²) in [6.45, 7) is 1.82. The highest BCUT2D eigenvalue weighted by Crippen LogP contribution is 2.36. The lowest BCUT2D eigenvalue weighted by Gasteiger charge is -2.21. The summed E-state index contributed by atoms with van der Waals surface area (Å²) in [5.41, 5.74) is -0.849. The van der Waals surface area contributed by atoms with Gasteiger partial charge in [0.05, 0.1) is 12.1 Å². The molecule has 8 heteroatoms. The topological polar surface area (TPSA) is 67.4 Å². The summed E-state index contributed by atoms with van der Waals surface area (Å²) in [5.74, 6) is -0.801. The fourth-order valence-electron chi connectivity index (χ4n) is 2.40. The molecule has 2 N–H and O–H groups in total. The van der Waals surface area contributed by atoms with Crippen molar-refractivity contribution in [2.45, 2.75) is 44.5 Å². The van der Waals surface area contributed by atoms with Crippen LogP contribution in [0.25, 0.3) is 0 Å². The fraction of sp³-hybridized carbons (Fsp3) is 0.500. The molecule has 0 spiro atoms. The second-order valence-corrected chi connectivity index (χ2v) is 5.55. The minimum absolute atomic E-state index is 0.0634. The summed E-state index contributed by atoms with van der Waals surface area (Å²) in [6, 6.07) is 4.38. The SMILES string of the molecule is CCC(CNC(=O)[C@H]1CCC(=O)N1)Oc1ccccc1C(F)(F)F. The Balaban J connectivity index is 1.95. The quantitative estimate of drug-likeness (QED) is 0.832. The Labute approximate surface area is 137 Å². The lowest BCUT2D eigenvalue weighted by atomic mass is 10.2. The van der Waals surface area contributed by atoms with E-state index >= 15 is 0 Å². The van der Waals surface area contributed by atoms with Crippen LogP contribution in [-0.4, -0.2) is 30.5 Å². The molecular weight excluding hydrogens is 325 g/mol. The van der Waals surface area contributed by atoms with E-state index in [4.69, 9.17) is 4.74 Å². The molecule has 2 amide bonds. The number of alkyl halides is 3. The first-order valence-corrected chi connectivity index (χ1v) is 7.71. The van der Waals surface area contributed by atoms with Crippen LogP contribution in [0.1, 0.15) is 31.7 Å². The number of benzene rings is 1. The highest BCUT2D eigenvalue weighted by molar-refractivity contribution is 5.90. The number of halogens is 3. The van der Waals surface area contributed by atoms with Gasteiger partial charge in [0.15, 0.2) is 0 Å². The van der Waals surface area contributed by atoms with Gasteiger partial charge in [0.2, 0.25) is 11.8 Å². The number of hydrogen-bond donors (Lipinski definition) is 2. The van der Waals surface area contributed by atoms with E-state index in [0.29, 0.717) is 19.3 Å². The minimum Gasteiger partial charge on any atom is -0.488 e. The van der Waals surface area contributed by atoms with Gasteiger partial charge in [0, 0.05) is 6.42 Å². The predicted molar refractivity (Wildman–Crippen MR) is 80.3 cm³/mol. The molecule has 1 aliphatic rings. The molecule has 1 heterocycles. The third kappa shape index (κ3) is 4.62. The van der Waals surface area contributed by atoms with Crippen LogP contribution in [0.5, 0.6) is 5.75 Å². The maximum atomic E-state index is 13.0. The summed E-state index contributed by atoms with van der Waals surface area (Å²) >= 11 is 0. The Kier molecular flexibility index (Phi) is 5.69. The number of hydrogen-bond acceptors (Lipinski definition) is 3. The largest absolute Gasteiger partial charge is 0.488 e. The van der Waals surface area contributed by atoms with Crippen molar-refractivity contribution in [1.82, 2.24) is 10.6 Å². The first-order valence-electron chi connectivity index (χ1n) is 7.71. The highest BCUT2D eigenvalue weighted by atomic mass is 19.4. The number of carbonyl (C=O) groups excluding carboxylic acids is 2. The standard InChI is InChI=1S/C16H19F3N2O3/c1-2-10(9-20-15(23)12-7-8-14(22)21-12)24-13-6-4-3-5-11(13)16(17,18)19/h3-6,10,12H,2,7-9H2,1H3,(H,20,23)(H,21,22)/t10?,12-/m1/s1. The fourth-order valence-corrected chi connectivity index (χ4v) is 2.40. The second-order valence-electron chi connectivity index (χ2n) is 5.55. The lowest BCUT2D eigenvalue weighted by Crippen LogP contribution is -2.45. The number of nitrogens with one attached hydrogen (secondary N) is 2. The van der Waals surface area contributed by atoms with Gasteiger partial charge < -0.3 is 15.4 Å². The van der Waals surface area contributed by atoms with E-state index in [2.05, 4.69) is 10.6 Å². The molecule has 0 bridgehead atoms. The third-order valence-electron chi connectivity index (χ3n) is 3.76. The van der Waals surface area contributed by atoms with Crippen LogP contribution in [0.4, 0.5) is 13.2 Å². The molecule has 1 saturated heterocycles. The molecule has 132 valence electrons. The first kappa shape index (κ1) is 18.1. The monoisotopic (exact) mass is 344 g/mol. The molecule has 2 rings (SSSR count). The molecule has 0 saturated carbocycles. The van der Waals surface area contributed by atoms with Gasteiger partial charge in [0.1, 0.15) is 17.9 Å². The Morgan fingerprint density at radius 1 is 1.42 bits per heavy atom. The van der Waals surface area contributed by atoms with Gasteiger partial charge in [-0.15, -0.1) is 0 Å². The zero-order valence-electron chi connectivity index (χ0n) is 13.2. The second kappa shape index (κ2) is 7.55. The van der Waals surface area contributed by atoms with Crippen molar-refractivity contribution in [3.8, 4) is 5.75 Å². The number of ether oxygens (including phenoxy) is 1. The number of para-hydroxylation sites is 1. The normalized spacial score (nSPS) is 18.8. The summed E-state index contributed by atoms with van der Waals surface area (Å²) in [5, 5.41) is 5.15. The number of rotatable bonds is 6. The molecule has 1 aliphatic heterocycles.